The summed E-state index contributed by atoms with van der Waals surface area (Å²) in [6, 6.07) is -0.696. The fourth-order valence-corrected chi connectivity index (χ4v) is 9.02. The second kappa shape index (κ2) is 51.6. The van der Waals surface area contributed by atoms with Crippen LogP contribution in [0.25, 0.3) is 0 Å². The van der Waals surface area contributed by atoms with Crippen LogP contribution >= 0.6 is 0 Å². The van der Waals surface area contributed by atoms with Crippen LogP contribution in [0.2, 0.25) is 0 Å². The summed E-state index contributed by atoms with van der Waals surface area (Å²) in [5.74, 6) is -0.457. The molecule has 0 saturated carbocycles. The number of carbonyl (C=O) groups excluding carboxylic acids is 2. The Morgan fingerprint density at radius 1 is 0.444 bits per heavy atom. The van der Waals surface area contributed by atoms with Gasteiger partial charge in [-0.1, -0.05) is 264 Å². The van der Waals surface area contributed by atoms with Crippen LogP contribution in [0.4, 0.5) is 0 Å². The minimum Gasteiger partial charge on any atom is -0.462 e. The first-order valence-electron chi connectivity index (χ1n) is 28.4. The van der Waals surface area contributed by atoms with Crippen molar-refractivity contribution >= 4 is 11.9 Å². The third kappa shape index (κ3) is 46.9. The van der Waals surface area contributed by atoms with Gasteiger partial charge in [-0.3, -0.25) is 9.59 Å². The van der Waals surface area contributed by atoms with Gasteiger partial charge in [0.05, 0.1) is 25.2 Å². The van der Waals surface area contributed by atoms with E-state index in [-0.39, 0.29) is 24.9 Å². The monoisotopic (exact) mass is 890 g/mol. The van der Waals surface area contributed by atoms with Gasteiger partial charge >= 0.3 is 5.97 Å². The molecule has 0 aromatic heterocycles. The third-order valence-corrected chi connectivity index (χ3v) is 13.3. The molecule has 374 valence electrons. The summed E-state index contributed by atoms with van der Waals surface area (Å²) in [7, 11) is 0. The number of nitrogens with one attached hydrogen (secondary N) is 1. The summed E-state index contributed by atoms with van der Waals surface area (Å²) in [6.45, 7) is 6.51. The fourth-order valence-electron chi connectivity index (χ4n) is 9.02. The van der Waals surface area contributed by atoms with Gasteiger partial charge in [-0.25, -0.2) is 0 Å². The van der Waals surface area contributed by atoms with Crippen molar-refractivity contribution in [3.05, 3.63) is 12.2 Å². The number of esters is 1. The Labute approximate surface area is 393 Å². The van der Waals surface area contributed by atoms with Crippen molar-refractivity contribution in [1.82, 2.24) is 5.32 Å². The predicted octanol–water partition coefficient (Wildman–Crippen LogP) is 17.3. The summed E-state index contributed by atoms with van der Waals surface area (Å²) < 4.78 is 5.96. The van der Waals surface area contributed by atoms with Gasteiger partial charge in [-0.05, 0) is 51.4 Å². The van der Waals surface area contributed by atoms with Gasteiger partial charge in [0.25, 0.3) is 0 Å². The number of aliphatic hydroxyl groups is 2. The first-order chi connectivity index (χ1) is 31.0. The smallest absolute Gasteiger partial charge is 0.306 e. The molecule has 63 heavy (non-hydrogen) atoms. The number of carbonyl (C=O) groups is 2. The number of rotatable bonds is 52. The first-order valence-corrected chi connectivity index (χ1v) is 28.4. The molecule has 0 radical (unpaired) electrons. The molecule has 0 spiro atoms. The van der Waals surface area contributed by atoms with Gasteiger partial charge in [0.15, 0.2) is 0 Å². The fraction of sp³-hybridized carbons (Fsp3) is 0.930. The zero-order chi connectivity index (χ0) is 45.9. The van der Waals surface area contributed by atoms with Crippen molar-refractivity contribution in [1.29, 1.82) is 0 Å². The SMILES string of the molecule is CCCCCC/C=C\CCCCCCCCCC(=O)OC(CCCCCCCCCCCCCCCC)CC(=O)NC(CO)C(O)CCCCCCCCCCCCCCCCC. The molecule has 0 saturated heterocycles. The summed E-state index contributed by atoms with van der Waals surface area (Å²) in [5.41, 5.74) is 0. The van der Waals surface area contributed by atoms with E-state index in [2.05, 4.69) is 38.2 Å². The second-order valence-corrected chi connectivity index (χ2v) is 19.7. The van der Waals surface area contributed by atoms with Crippen molar-refractivity contribution in [3.63, 3.8) is 0 Å². The lowest BCUT2D eigenvalue weighted by atomic mass is 10.0. The highest BCUT2D eigenvalue weighted by atomic mass is 16.5. The molecule has 0 aromatic rings. The van der Waals surface area contributed by atoms with E-state index in [1.165, 1.54) is 225 Å². The minimum absolute atomic E-state index is 0.0837. The molecule has 1 amide bonds. The molecule has 3 N–H and O–H groups in total. The number of unbranched alkanes of at least 4 members (excludes halogenated alkanes) is 38. The van der Waals surface area contributed by atoms with E-state index < -0.39 is 18.2 Å². The van der Waals surface area contributed by atoms with Gasteiger partial charge in [0.2, 0.25) is 5.91 Å². The number of amides is 1. The van der Waals surface area contributed by atoms with Gasteiger partial charge in [0, 0.05) is 6.42 Å². The van der Waals surface area contributed by atoms with E-state index >= 15 is 0 Å². The Bertz CT molecular complexity index is 955. The zero-order valence-corrected chi connectivity index (χ0v) is 42.7. The first kappa shape index (κ1) is 61.6. The second-order valence-electron chi connectivity index (χ2n) is 19.7. The largest absolute Gasteiger partial charge is 0.462 e. The number of ether oxygens (including phenoxy) is 1. The zero-order valence-electron chi connectivity index (χ0n) is 42.7. The van der Waals surface area contributed by atoms with Gasteiger partial charge in [-0.2, -0.15) is 0 Å². The van der Waals surface area contributed by atoms with Crippen LogP contribution in [0, 0.1) is 0 Å². The third-order valence-electron chi connectivity index (χ3n) is 13.3. The summed E-state index contributed by atoms with van der Waals surface area (Å²) in [5, 5.41) is 23.9. The molecule has 3 unspecified atom stereocenters. The van der Waals surface area contributed by atoms with E-state index in [0.717, 1.165) is 44.9 Å². The topological polar surface area (TPSA) is 95.9 Å². The van der Waals surface area contributed by atoms with Crippen molar-refractivity contribution in [2.75, 3.05) is 6.61 Å². The maximum Gasteiger partial charge on any atom is 0.306 e. The number of allylic oxidation sites excluding steroid dienone is 2. The summed E-state index contributed by atoms with van der Waals surface area (Å²) in [4.78, 5) is 26.2. The molecule has 6 nitrogen and oxygen atoms in total. The highest BCUT2D eigenvalue weighted by Gasteiger charge is 2.24. The van der Waals surface area contributed by atoms with Crippen molar-refractivity contribution in [3.8, 4) is 0 Å². The van der Waals surface area contributed by atoms with E-state index in [1.54, 1.807) is 0 Å². The lowest BCUT2D eigenvalue weighted by Crippen LogP contribution is -2.46. The minimum atomic E-state index is -0.783. The van der Waals surface area contributed by atoms with Crippen LogP contribution < -0.4 is 5.32 Å². The predicted molar refractivity (Wildman–Crippen MR) is 273 cm³/mol. The molecule has 0 aliphatic rings. The normalized spacial score (nSPS) is 13.2. The highest BCUT2D eigenvalue weighted by Crippen LogP contribution is 2.19. The van der Waals surface area contributed by atoms with E-state index in [1.807, 2.05) is 0 Å². The quantitative estimate of drug-likeness (QED) is 0.0321. The average molecular weight is 891 g/mol. The average Bonchev–Trinajstić information content (AvgIpc) is 3.28. The Balaban J connectivity index is 4.50. The van der Waals surface area contributed by atoms with E-state index in [9.17, 15) is 19.8 Å². The molecule has 0 aliphatic heterocycles. The van der Waals surface area contributed by atoms with Crippen molar-refractivity contribution in [2.45, 2.75) is 334 Å². The molecular formula is C57H111NO5. The van der Waals surface area contributed by atoms with Crippen molar-refractivity contribution < 1.29 is 24.5 Å². The van der Waals surface area contributed by atoms with Crippen LogP contribution in [-0.4, -0.2) is 46.9 Å². The lowest BCUT2D eigenvalue weighted by Gasteiger charge is -2.24. The summed E-state index contributed by atoms with van der Waals surface area (Å²) >= 11 is 0. The van der Waals surface area contributed by atoms with Gasteiger partial charge in [0.1, 0.15) is 6.10 Å². The molecular weight excluding hydrogens is 779 g/mol. The van der Waals surface area contributed by atoms with Crippen LogP contribution in [-0.2, 0) is 14.3 Å². The van der Waals surface area contributed by atoms with Gasteiger partial charge in [-0.15, -0.1) is 0 Å². The number of aliphatic hydroxyl groups excluding tert-OH is 2. The maximum atomic E-state index is 13.2. The lowest BCUT2D eigenvalue weighted by molar-refractivity contribution is -0.151. The van der Waals surface area contributed by atoms with E-state index in [0.29, 0.717) is 19.3 Å². The Hall–Kier alpha value is -1.40. The standard InChI is InChI=1S/C57H111NO5/c1-4-7-10-13-16-19-22-25-28-31-34-37-40-43-46-49-55(60)54(52-59)58-56(61)51-53(48-45-42-39-36-33-30-27-24-21-18-15-12-9-6-3)63-57(62)50-47-44-41-38-35-32-29-26-23-20-17-14-11-8-5-2/h20,23,53-55,59-60H,4-19,21-22,24-52H2,1-3H3,(H,58,61)/b23-20-. The van der Waals surface area contributed by atoms with Crippen LogP contribution in [0.5, 0.6) is 0 Å². The Morgan fingerprint density at radius 2 is 0.762 bits per heavy atom. The number of hydrogen-bond acceptors (Lipinski definition) is 5. The maximum absolute atomic E-state index is 13.2. The van der Waals surface area contributed by atoms with Gasteiger partial charge < -0.3 is 20.3 Å². The molecule has 0 fully saturated rings. The Morgan fingerprint density at radius 3 is 1.14 bits per heavy atom. The van der Waals surface area contributed by atoms with Crippen LogP contribution in [0.1, 0.15) is 316 Å². The summed E-state index contributed by atoms with van der Waals surface area (Å²) in [6.07, 6.45) is 58.4. The molecule has 0 bridgehead atoms. The molecule has 6 heteroatoms. The van der Waals surface area contributed by atoms with E-state index in [4.69, 9.17) is 4.74 Å². The van der Waals surface area contributed by atoms with Crippen molar-refractivity contribution in [2.24, 2.45) is 0 Å². The Kier molecular flexibility index (Phi) is 50.4. The van der Waals surface area contributed by atoms with Crippen LogP contribution in [0.3, 0.4) is 0 Å². The molecule has 0 aromatic carbocycles. The highest BCUT2D eigenvalue weighted by molar-refractivity contribution is 5.77. The molecule has 0 heterocycles. The molecule has 3 atom stereocenters. The number of hydrogen-bond donors (Lipinski definition) is 3. The van der Waals surface area contributed by atoms with Crippen LogP contribution in [0.15, 0.2) is 12.2 Å². The molecule has 0 rings (SSSR count). The molecule has 0 aliphatic carbocycles.